The second kappa shape index (κ2) is 15.3. The molecule has 1 aromatic carbocycles. The molecule has 1 radical (unpaired) electrons. The van der Waals surface area contributed by atoms with Crippen LogP contribution in [0.2, 0.25) is 0 Å². The fourth-order valence-corrected chi connectivity index (χ4v) is 4.80. The Labute approximate surface area is 230 Å². The molecule has 3 N–H and O–H groups in total. The zero-order valence-electron chi connectivity index (χ0n) is 22.7. The van der Waals surface area contributed by atoms with Gasteiger partial charge in [-0.05, 0) is 37.6 Å². The molecule has 2 fully saturated rings. The van der Waals surface area contributed by atoms with E-state index in [4.69, 9.17) is 6.42 Å². The lowest BCUT2D eigenvalue weighted by Crippen LogP contribution is -2.54. The lowest BCUT2D eigenvalue weighted by Gasteiger charge is -2.39. The number of hydrogen-bond donors (Lipinski definition) is 3. The van der Waals surface area contributed by atoms with Gasteiger partial charge in [-0.1, -0.05) is 55.4 Å². The van der Waals surface area contributed by atoms with Gasteiger partial charge in [0.05, 0.1) is 18.1 Å². The molecule has 4 rings (SSSR count). The molecule has 1 aliphatic carbocycles. The monoisotopic (exact) mass is 546 g/mol. The number of hydrogen-bond acceptors (Lipinski definition) is 5. The summed E-state index contributed by atoms with van der Waals surface area (Å²) in [6.45, 7) is 9.05. The summed E-state index contributed by atoms with van der Waals surface area (Å²) >= 11 is 0. The SMILES string of the molecule is C#CC1=CC=CC=C[CH]1.CC(NCCC(C)C(F)(F)F)N1CCN(CC2CNNC2c2ccc(F)cc2)CC1. The summed E-state index contributed by atoms with van der Waals surface area (Å²) in [6, 6.07) is 6.81. The summed E-state index contributed by atoms with van der Waals surface area (Å²) in [7, 11) is 0. The van der Waals surface area contributed by atoms with Gasteiger partial charge in [-0.3, -0.25) is 10.3 Å². The van der Waals surface area contributed by atoms with E-state index in [1.54, 1.807) is 0 Å². The highest BCUT2D eigenvalue weighted by atomic mass is 19.4. The first-order valence-electron chi connectivity index (χ1n) is 13.5. The molecule has 213 valence electrons. The number of alkyl halides is 3. The van der Waals surface area contributed by atoms with E-state index in [-0.39, 0.29) is 24.4 Å². The second-order valence-electron chi connectivity index (χ2n) is 10.2. The van der Waals surface area contributed by atoms with Crippen molar-refractivity contribution in [3.05, 3.63) is 78.0 Å². The lowest BCUT2D eigenvalue weighted by atomic mass is 9.94. The van der Waals surface area contributed by atoms with Crippen molar-refractivity contribution in [3.8, 4) is 12.3 Å². The number of benzene rings is 1. The van der Waals surface area contributed by atoms with Crippen molar-refractivity contribution in [3.63, 3.8) is 0 Å². The minimum atomic E-state index is -4.12. The van der Waals surface area contributed by atoms with E-state index in [1.807, 2.05) is 55.9 Å². The van der Waals surface area contributed by atoms with Crippen LogP contribution in [0.5, 0.6) is 0 Å². The number of terminal acetylenes is 1. The summed E-state index contributed by atoms with van der Waals surface area (Å²) < 4.78 is 51.1. The predicted octanol–water partition coefficient (Wildman–Crippen LogP) is 4.61. The van der Waals surface area contributed by atoms with Crippen LogP contribution in [0.25, 0.3) is 0 Å². The molecule has 0 aromatic heterocycles. The average Bonchev–Trinajstić information content (AvgIpc) is 3.21. The van der Waals surface area contributed by atoms with Gasteiger partial charge in [-0.25, -0.2) is 9.82 Å². The molecule has 4 unspecified atom stereocenters. The Morgan fingerprint density at radius 3 is 2.41 bits per heavy atom. The fourth-order valence-electron chi connectivity index (χ4n) is 4.80. The highest BCUT2D eigenvalue weighted by molar-refractivity contribution is 5.42. The summed E-state index contributed by atoms with van der Waals surface area (Å²) in [5.74, 6) is 1.43. The molecule has 0 bridgehead atoms. The van der Waals surface area contributed by atoms with Gasteiger partial charge in [0.25, 0.3) is 0 Å². The van der Waals surface area contributed by atoms with Crippen molar-refractivity contribution in [1.29, 1.82) is 0 Å². The molecule has 4 atom stereocenters. The minimum absolute atomic E-state index is 0.0642. The number of piperazine rings is 1. The van der Waals surface area contributed by atoms with Crippen LogP contribution < -0.4 is 16.2 Å². The highest BCUT2D eigenvalue weighted by Crippen LogP contribution is 2.28. The Hall–Kier alpha value is -2.48. The Morgan fingerprint density at radius 1 is 1.05 bits per heavy atom. The quantitative estimate of drug-likeness (QED) is 0.328. The molecule has 2 saturated heterocycles. The maximum Gasteiger partial charge on any atom is 0.391 e. The molecule has 3 aliphatic rings. The normalized spacial score (nSPS) is 23.8. The average molecular weight is 547 g/mol. The van der Waals surface area contributed by atoms with Gasteiger partial charge in [0, 0.05) is 57.2 Å². The molecule has 5 nitrogen and oxygen atoms in total. The van der Waals surface area contributed by atoms with Crippen LogP contribution in [0.3, 0.4) is 0 Å². The topological polar surface area (TPSA) is 42.6 Å². The summed E-state index contributed by atoms with van der Waals surface area (Å²) in [5, 5.41) is 3.23. The van der Waals surface area contributed by atoms with Gasteiger partial charge in [0.2, 0.25) is 0 Å². The summed E-state index contributed by atoms with van der Waals surface area (Å²) in [4.78, 5) is 4.72. The zero-order chi connectivity index (χ0) is 28.3. The maximum absolute atomic E-state index is 13.2. The molecule has 9 heteroatoms. The van der Waals surface area contributed by atoms with Crippen LogP contribution in [0, 0.1) is 36.4 Å². The standard InChI is InChI=1S/C21H33F4N5.C9H7/c1-15(21(23,24)25)7-8-26-16(2)30-11-9-29(10-12-30)14-18-13-27-28-20(18)17-3-5-19(22)6-4-17;1-2-9-7-5-3-4-6-8-9/h3-6,15-16,18,20,26-28H,7-14H2,1-2H3;1,3-8H. The van der Waals surface area contributed by atoms with E-state index >= 15 is 0 Å². The first kappa shape index (κ1) is 31.1. The number of nitrogens with one attached hydrogen (secondary N) is 3. The van der Waals surface area contributed by atoms with Crippen molar-refractivity contribution in [1.82, 2.24) is 26.0 Å². The third-order valence-corrected chi connectivity index (χ3v) is 7.40. The van der Waals surface area contributed by atoms with Crippen LogP contribution in [0.15, 0.2) is 60.2 Å². The number of halogens is 4. The van der Waals surface area contributed by atoms with Crippen LogP contribution in [0.1, 0.15) is 31.9 Å². The van der Waals surface area contributed by atoms with Crippen molar-refractivity contribution < 1.29 is 17.6 Å². The largest absolute Gasteiger partial charge is 0.391 e. The number of allylic oxidation sites excluding steroid dienone is 6. The van der Waals surface area contributed by atoms with Gasteiger partial charge < -0.3 is 10.2 Å². The van der Waals surface area contributed by atoms with Gasteiger partial charge >= 0.3 is 6.18 Å². The Morgan fingerprint density at radius 2 is 1.74 bits per heavy atom. The highest BCUT2D eigenvalue weighted by Gasteiger charge is 2.35. The summed E-state index contributed by atoms with van der Waals surface area (Å²) in [6.07, 6.45) is 12.7. The number of nitrogens with zero attached hydrogens (tertiary/aromatic N) is 2. The molecule has 1 aromatic rings. The van der Waals surface area contributed by atoms with E-state index in [2.05, 4.69) is 31.9 Å². The Balaban J connectivity index is 0.000000395. The first-order valence-corrected chi connectivity index (χ1v) is 13.5. The van der Waals surface area contributed by atoms with Gasteiger partial charge in [-0.15, -0.1) is 6.42 Å². The van der Waals surface area contributed by atoms with Gasteiger partial charge in [0.1, 0.15) is 5.82 Å². The third-order valence-electron chi connectivity index (χ3n) is 7.40. The molecule has 0 amide bonds. The van der Waals surface area contributed by atoms with Crippen molar-refractivity contribution in [2.75, 3.05) is 45.8 Å². The maximum atomic E-state index is 13.2. The smallest absolute Gasteiger partial charge is 0.302 e. The van der Waals surface area contributed by atoms with E-state index in [1.165, 1.54) is 19.1 Å². The van der Waals surface area contributed by atoms with Crippen molar-refractivity contribution in [2.24, 2.45) is 11.8 Å². The predicted molar refractivity (Wildman–Crippen MR) is 149 cm³/mol. The third kappa shape index (κ3) is 10.2. The van der Waals surface area contributed by atoms with E-state index in [0.29, 0.717) is 12.5 Å². The fraction of sp³-hybridized carbons (Fsp3) is 0.500. The molecule has 0 saturated carbocycles. The molecule has 2 aliphatic heterocycles. The number of rotatable bonds is 8. The lowest BCUT2D eigenvalue weighted by molar-refractivity contribution is -0.170. The van der Waals surface area contributed by atoms with Crippen LogP contribution >= 0.6 is 0 Å². The van der Waals surface area contributed by atoms with Crippen LogP contribution in [-0.4, -0.2) is 68.0 Å². The van der Waals surface area contributed by atoms with Crippen LogP contribution in [0.4, 0.5) is 17.6 Å². The van der Waals surface area contributed by atoms with Crippen molar-refractivity contribution in [2.45, 2.75) is 38.7 Å². The van der Waals surface area contributed by atoms with Crippen LogP contribution in [-0.2, 0) is 0 Å². The first-order chi connectivity index (χ1) is 18.7. The second-order valence-corrected chi connectivity index (χ2v) is 10.2. The summed E-state index contributed by atoms with van der Waals surface area (Å²) in [5.41, 5.74) is 8.52. The van der Waals surface area contributed by atoms with E-state index in [9.17, 15) is 17.6 Å². The van der Waals surface area contributed by atoms with Crippen molar-refractivity contribution >= 4 is 0 Å². The zero-order valence-corrected chi connectivity index (χ0v) is 22.7. The molecule has 0 spiro atoms. The van der Waals surface area contributed by atoms with Gasteiger partial charge in [-0.2, -0.15) is 13.2 Å². The minimum Gasteiger partial charge on any atom is -0.302 e. The molecular formula is C30H40F4N5. The number of hydrazine groups is 1. The van der Waals surface area contributed by atoms with E-state index < -0.39 is 12.1 Å². The van der Waals surface area contributed by atoms with Gasteiger partial charge in [0.15, 0.2) is 0 Å². The Kier molecular flexibility index (Phi) is 12.2. The van der Waals surface area contributed by atoms with E-state index in [0.717, 1.165) is 50.4 Å². The molecular weight excluding hydrogens is 506 g/mol. The molecule has 39 heavy (non-hydrogen) atoms. The molecule has 2 heterocycles. The Bertz CT molecular complexity index is 1000.